The van der Waals surface area contributed by atoms with Gasteiger partial charge in [-0.3, -0.25) is 0 Å². The van der Waals surface area contributed by atoms with E-state index in [-0.39, 0.29) is 10.3 Å². The molecule has 0 fully saturated rings. The van der Waals surface area contributed by atoms with E-state index in [9.17, 15) is 0 Å². The summed E-state index contributed by atoms with van der Waals surface area (Å²) in [5.41, 5.74) is 19.1. The van der Waals surface area contributed by atoms with Crippen LogP contribution < -0.4 is 24.3 Å². The molecule has 0 atom stereocenters. The molecule has 0 bridgehead atoms. The van der Waals surface area contributed by atoms with Crippen LogP contribution in [0.5, 0.6) is 23.0 Å². The third-order valence-electron chi connectivity index (χ3n) is 13.7. The SMILES string of the molecule is CC.COc1ccc(-c2c(C(C)C)cc(C(C)C)c(-c3ccccc3)c2C(C)C)c(I)c1OC.COc1ccc(-c2c(C(C)C)cc(C(C)C)c(-c3ccccc3)c2C(C)C)c(P(C(C)(C)C)C(C)(C)C)c1OC. The van der Waals surface area contributed by atoms with E-state index < -0.39 is 7.92 Å². The Morgan fingerprint density at radius 3 is 1.03 bits per heavy atom. The van der Waals surface area contributed by atoms with Gasteiger partial charge in [0.15, 0.2) is 23.0 Å². The van der Waals surface area contributed by atoms with Crippen molar-refractivity contribution in [2.45, 2.75) is 184 Å². The first kappa shape index (κ1) is 62.2. The van der Waals surface area contributed by atoms with Crippen molar-refractivity contribution in [2.75, 3.05) is 28.4 Å². The second kappa shape index (κ2) is 26.6. The van der Waals surface area contributed by atoms with Gasteiger partial charge in [0.2, 0.25) is 0 Å². The van der Waals surface area contributed by atoms with Crippen LogP contribution in [0.1, 0.15) is 207 Å². The van der Waals surface area contributed by atoms with Gasteiger partial charge in [0.05, 0.1) is 32.0 Å². The molecule has 0 aliphatic heterocycles. The molecule has 6 heteroatoms. The second-order valence-electron chi connectivity index (χ2n) is 23.1. The van der Waals surface area contributed by atoms with Crippen LogP contribution in [0.4, 0.5) is 0 Å². The predicted octanol–water partition coefficient (Wildman–Crippen LogP) is 21.2. The summed E-state index contributed by atoms with van der Waals surface area (Å²) in [4.78, 5) is 0. The normalized spacial score (nSPS) is 11.9. The summed E-state index contributed by atoms with van der Waals surface area (Å²) in [5, 5.41) is 1.42. The van der Waals surface area contributed by atoms with Crippen molar-refractivity contribution in [2.24, 2.45) is 0 Å². The van der Waals surface area contributed by atoms with Crippen LogP contribution >= 0.6 is 30.5 Å². The Morgan fingerprint density at radius 1 is 0.392 bits per heavy atom. The van der Waals surface area contributed by atoms with Crippen molar-refractivity contribution in [3.63, 3.8) is 0 Å². The Kier molecular flexibility index (Phi) is 22.4. The van der Waals surface area contributed by atoms with E-state index in [0.29, 0.717) is 35.5 Å². The lowest BCUT2D eigenvalue weighted by molar-refractivity contribution is 0.353. The molecule has 6 aromatic carbocycles. The van der Waals surface area contributed by atoms with E-state index >= 15 is 0 Å². The van der Waals surface area contributed by atoms with Crippen LogP contribution in [0.3, 0.4) is 0 Å². The molecule has 0 heterocycles. The average molecular weight is 1130 g/mol. The molecule has 0 unspecified atom stereocenters. The van der Waals surface area contributed by atoms with Gasteiger partial charge in [-0.1, -0.05) is 219 Å². The summed E-state index contributed by atoms with van der Waals surface area (Å²) in [7, 11) is 6.28. The highest BCUT2D eigenvalue weighted by Gasteiger charge is 2.41. The molecule has 0 N–H and O–H groups in total. The minimum absolute atomic E-state index is 0.0537. The van der Waals surface area contributed by atoms with Crippen molar-refractivity contribution in [3.8, 4) is 67.5 Å². The first-order chi connectivity index (χ1) is 34.8. The lowest BCUT2D eigenvalue weighted by Gasteiger charge is -2.43. The number of halogens is 1. The smallest absolute Gasteiger partial charge is 0.174 e. The molecule has 6 aromatic rings. The minimum atomic E-state index is -0.683. The van der Waals surface area contributed by atoms with E-state index in [4.69, 9.17) is 18.9 Å². The summed E-state index contributed by atoms with van der Waals surface area (Å²) in [5.74, 6) is 5.54. The van der Waals surface area contributed by atoms with E-state index in [1.165, 1.54) is 83.2 Å². The molecule has 0 aliphatic carbocycles. The van der Waals surface area contributed by atoms with Crippen molar-refractivity contribution in [1.82, 2.24) is 0 Å². The maximum absolute atomic E-state index is 6.27. The van der Waals surface area contributed by atoms with Crippen LogP contribution in [-0.2, 0) is 0 Å². The van der Waals surface area contributed by atoms with E-state index in [0.717, 1.165) is 26.6 Å². The van der Waals surface area contributed by atoms with Gasteiger partial charge in [0.25, 0.3) is 0 Å². The molecule has 0 saturated heterocycles. The number of ether oxygens (including phenoxy) is 4. The van der Waals surface area contributed by atoms with Crippen LogP contribution in [0, 0.1) is 3.57 Å². The fourth-order valence-electron chi connectivity index (χ4n) is 11.0. The molecule has 74 heavy (non-hydrogen) atoms. The Balaban J connectivity index is 0.000000317. The topological polar surface area (TPSA) is 36.9 Å². The Bertz CT molecular complexity index is 2760. The zero-order valence-electron chi connectivity index (χ0n) is 50.2. The Hall–Kier alpha value is -4.32. The van der Waals surface area contributed by atoms with Crippen LogP contribution in [-0.4, -0.2) is 38.8 Å². The van der Waals surface area contributed by atoms with Gasteiger partial charge < -0.3 is 18.9 Å². The first-order valence-corrected chi connectivity index (χ1v) is 29.7. The van der Waals surface area contributed by atoms with Gasteiger partial charge >= 0.3 is 0 Å². The fraction of sp³-hybridized carbons (Fsp3) is 0.471. The standard InChI is InChI=1S/C37H53O2P.C29H35IO2.C2H6/c1-23(2)28-22-29(24(3)4)33(31(25(5)6)32(28)26-18-16-15-17-19-26)27-20-21-30(38-13)34(39-14)35(27)40(36(7,8)9)37(10,11)12;1-17(2)22-16-23(18(3)4)27(21-14-15-24(31-7)29(32-8)28(21)30)25(19(5)6)26(22)20-12-10-9-11-13-20;1-2/h15-25H,1-14H3;9-19H,1-8H3;1-2H3. The number of benzene rings is 6. The van der Waals surface area contributed by atoms with Gasteiger partial charge in [-0.05, 0) is 171 Å². The Morgan fingerprint density at radius 2 is 0.716 bits per heavy atom. The molecule has 0 aliphatic rings. The molecule has 4 nitrogen and oxygen atoms in total. The fourth-order valence-corrected chi connectivity index (χ4v) is 16.1. The van der Waals surface area contributed by atoms with Crippen molar-refractivity contribution in [3.05, 3.63) is 134 Å². The maximum atomic E-state index is 6.27. The largest absolute Gasteiger partial charge is 0.493 e. The van der Waals surface area contributed by atoms with Crippen LogP contribution in [0.2, 0.25) is 0 Å². The van der Waals surface area contributed by atoms with E-state index in [2.05, 4.69) is 238 Å². The predicted molar refractivity (Wildman–Crippen MR) is 335 cm³/mol. The molecule has 0 spiro atoms. The zero-order valence-corrected chi connectivity index (χ0v) is 53.2. The highest BCUT2D eigenvalue weighted by atomic mass is 127. The molecule has 0 amide bonds. The lowest BCUT2D eigenvalue weighted by atomic mass is 9.76. The summed E-state index contributed by atoms with van der Waals surface area (Å²) in [6.45, 7) is 46.2. The number of hydrogen-bond acceptors (Lipinski definition) is 4. The average Bonchev–Trinajstić information content (AvgIpc) is 3.34. The molecule has 6 rings (SSSR count). The summed E-state index contributed by atoms with van der Waals surface area (Å²) >= 11 is 2.42. The molecular weight excluding hydrogens is 1040 g/mol. The minimum Gasteiger partial charge on any atom is -0.493 e. The van der Waals surface area contributed by atoms with Gasteiger partial charge in [-0.15, -0.1) is 0 Å². The van der Waals surface area contributed by atoms with Crippen LogP contribution in [0.25, 0.3) is 44.5 Å². The zero-order chi connectivity index (χ0) is 55.7. The maximum Gasteiger partial charge on any atom is 0.174 e. The Labute approximate surface area is 466 Å². The molecule has 0 saturated carbocycles. The number of methoxy groups -OCH3 is 4. The summed E-state index contributed by atoms with van der Waals surface area (Å²) in [6.07, 6.45) is 0. The van der Waals surface area contributed by atoms with Crippen molar-refractivity contribution in [1.29, 1.82) is 0 Å². The second-order valence-corrected chi connectivity index (χ2v) is 28.0. The summed E-state index contributed by atoms with van der Waals surface area (Å²) < 4.78 is 24.6. The summed E-state index contributed by atoms with van der Waals surface area (Å²) in [6, 6.07) is 35.5. The van der Waals surface area contributed by atoms with E-state index in [1.54, 1.807) is 28.4 Å². The van der Waals surface area contributed by atoms with Crippen molar-refractivity contribution >= 4 is 35.8 Å². The third-order valence-corrected chi connectivity index (χ3v) is 18.4. The molecular formula is C68H94IO4P. The first-order valence-electron chi connectivity index (χ1n) is 27.3. The lowest BCUT2D eigenvalue weighted by Crippen LogP contribution is -2.33. The van der Waals surface area contributed by atoms with Gasteiger partial charge in [-0.25, -0.2) is 0 Å². The quantitative estimate of drug-likeness (QED) is 0.0758. The monoisotopic (exact) mass is 1130 g/mol. The van der Waals surface area contributed by atoms with Gasteiger partial charge in [0.1, 0.15) is 0 Å². The van der Waals surface area contributed by atoms with E-state index in [1.807, 2.05) is 19.9 Å². The van der Waals surface area contributed by atoms with Crippen LogP contribution in [0.15, 0.2) is 97.1 Å². The molecule has 0 aromatic heterocycles. The number of hydrogen-bond donors (Lipinski definition) is 0. The highest BCUT2D eigenvalue weighted by molar-refractivity contribution is 14.1. The molecule has 0 radical (unpaired) electrons. The molecule has 402 valence electrons. The van der Waals surface area contributed by atoms with Gasteiger partial charge in [0, 0.05) is 5.30 Å². The highest BCUT2D eigenvalue weighted by Crippen LogP contribution is 2.63. The van der Waals surface area contributed by atoms with Gasteiger partial charge in [-0.2, -0.15) is 0 Å². The van der Waals surface area contributed by atoms with Crippen molar-refractivity contribution < 1.29 is 18.9 Å². The third kappa shape index (κ3) is 13.4. The number of rotatable bonds is 15.